The van der Waals surface area contributed by atoms with Gasteiger partial charge in [-0.2, -0.15) is 0 Å². The van der Waals surface area contributed by atoms with E-state index in [4.69, 9.17) is 0 Å². The number of likely N-dealkylation sites (tertiary alicyclic amines) is 1. The normalized spacial score (nSPS) is 17.1. The highest BCUT2D eigenvalue weighted by atomic mass is 32.2. The Morgan fingerprint density at radius 3 is 2.39 bits per heavy atom. The van der Waals surface area contributed by atoms with Crippen molar-refractivity contribution in [3.8, 4) is 0 Å². The Morgan fingerprint density at radius 2 is 1.82 bits per heavy atom. The van der Waals surface area contributed by atoms with Gasteiger partial charge in [-0.25, -0.2) is 12.7 Å². The number of aliphatic imine (C=N–C) groups is 1. The van der Waals surface area contributed by atoms with Gasteiger partial charge in [-0.3, -0.25) is 4.99 Å². The number of hydrogen-bond donors (Lipinski definition) is 2. The van der Waals surface area contributed by atoms with Crippen molar-refractivity contribution in [3.05, 3.63) is 29.8 Å². The molecule has 0 spiro atoms. The Labute approximate surface area is 170 Å². The van der Waals surface area contributed by atoms with Crippen LogP contribution in [0.2, 0.25) is 0 Å². The van der Waals surface area contributed by atoms with Gasteiger partial charge in [0.25, 0.3) is 0 Å². The quantitative estimate of drug-likeness (QED) is 0.388. The molecule has 0 saturated carbocycles. The lowest BCUT2D eigenvalue weighted by atomic mass is 9.99. The van der Waals surface area contributed by atoms with Crippen molar-refractivity contribution >= 4 is 16.0 Å². The van der Waals surface area contributed by atoms with Crippen LogP contribution in [0.1, 0.15) is 31.7 Å². The molecule has 2 rings (SSSR count). The van der Waals surface area contributed by atoms with Crippen LogP contribution in [0.15, 0.2) is 34.2 Å². The first-order chi connectivity index (χ1) is 13.3. The summed E-state index contributed by atoms with van der Waals surface area (Å²) in [4.78, 5) is 7.10. The zero-order chi connectivity index (χ0) is 20.6. The molecule has 2 N–H and O–H groups in total. The second-order valence-corrected chi connectivity index (χ2v) is 9.81. The van der Waals surface area contributed by atoms with Crippen molar-refractivity contribution in [1.82, 2.24) is 19.8 Å². The molecule has 1 heterocycles. The Balaban J connectivity index is 1.72. The summed E-state index contributed by atoms with van der Waals surface area (Å²) >= 11 is 0. The summed E-state index contributed by atoms with van der Waals surface area (Å²) in [5, 5.41) is 6.62. The molecule has 1 aliphatic rings. The minimum atomic E-state index is -3.38. The van der Waals surface area contributed by atoms with Crippen molar-refractivity contribution in [2.45, 2.75) is 37.6 Å². The third-order valence-corrected chi connectivity index (χ3v) is 7.03. The number of hydrogen-bond acceptors (Lipinski definition) is 4. The van der Waals surface area contributed by atoms with E-state index >= 15 is 0 Å². The number of sulfonamides is 1. The second kappa shape index (κ2) is 10.8. The van der Waals surface area contributed by atoms with Crippen LogP contribution in [-0.4, -0.2) is 70.9 Å². The Bertz CT molecular complexity index is 723. The zero-order valence-electron chi connectivity index (χ0n) is 17.6. The third-order valence-electron chi connectivity index (χ3n) is 5.21. The van der Waals surface area contributed by atoms with Gasteiger partial charge in [0, 0.05) is 34.2 Å². The molecule has 0 aromatic heterocycles. The van der Waals surface area contributed by atoms with E-state index in [2.05, 4.69) is 27.4 Å². The first-order valence-electron chi connectivity index (χ1n) is 10.0. The van der Waals surface area contributed by atoms with Crippen molar-refractivity contribution in [3.63, 3.8) is 0 Å². The number of piperidine rings is 1. The SMILES string of the molecule is CN=C(NCCCN1CCC(C)CC1)NCc1ccc(S(=O)(=O)N(C)C)cc1. The van der Waals surface area contributed by atoms with E-state index in [1.807, 2.05) is 12.1 Å². The summed E-state index contributed by atoms with van der Waals surface area (Å²) in [6, 6.07) is 6.94. The number of guanidine groups is 1. The van der Waals surface area contributed by atoms with Gasteiger partial charge in [0.1, 0.15) is 0 Å². The summed E-state index contributed by atoms with van der Waals surface area (Å²) in [6.45, 7) is 7.36. The van der Waals surface area contributed by atoms with Gasteiger partial charge in [-0.05, 0) is 62.5 Å². The van der Waals surface area contributed by atoms with Gasteiger partial charge >= 0.3 is 0 Å². The largest absolute Gasteiger partial charge is 0.356 e. The predicted molar refractivity (Wildman–Crippen MR) is 115 cm³/mol. The standard InChI is InChI=1S/C20H35N5O2S/c1-17-10-14-25(15-11-17)13-5-12-22-20(21-2)23-16-18-6-8-19(9-7-18)28(26,27)24(3)4/h6-9,17H,5,10-16H2,1-4H3,(H2,21,22,23). The maximum atomic E-state index is 12.1. The summed E-state index contributed by atoms with van der Waals surface area (Å²) in [7, 11) is 1.44. The molecule has 0 aliphatic carbocycles. The lowest BCUT2D eigenvalue weighted by molar-refractivity contribution is 0.191. The summed E-state index contributed by atoms with van der Waals surface area (Å²) in [5.41, 5.74) is 1.00. The molecular formula is C20H35N5O2S. The number of nitrogens with zero attached hydrogens (tertiary/aromatic N) is 3. The number of rotatable bonds is 8. The average Bonchev–Trinajstić information content (AvgIpc) is 2.69. The van der Waals surface area contributed by atoms with Crippen molar-refractivity contribution in [2.24, 2.45) is 10.9 Å². The second-order valence-electron chi connectivity index (χ2n) is 7.66. The van der Waals surface area contributed by atoms with E-state index in [-0.39, 0.29) is 0 Å². The minimum absolute atomic E-state index is 0.302. The van der Waals surface area contributed by atoms with Gasteiger partial charge < -0.3 is 15.5 Å². The summed E-state index contributed by atoms with van der Waals surface area (Å²) in [6.07, 6.45) is 3.71. The van der Waals surface area contributed by atoms with Gasteiger partial charge in [0.15, 0.2) is 5.96 Å². The molecule has 0 radical (unpaired) electrons. The van der Waals surface area contributed by atoms with Crippen molar-refractivity contribution < 1.29 is 8.42 Å². The van der Waals surface area contributed by atoms with Crippen LogP contribution in [0.25, 0.3) is 0 Å². The Morgan fingerprint density at radius 1 is 1.18 bits per heavy atom. The molecule has 158 valence electrons. The van der Waals surface area contributed by atoms with Crippen molar-refractivity contribution in [2.75, 3.05) is 47.3 Å². The van der Waals surface area contributed by atoms with Gasteiger partial charge in [0.2, 0.25) is 10.0 Å². The third kappa shape index (κ3) is 6.76. The fourth-order valence-corrected chi connectivity index (χ4v) is 4.09. The molecule has 8 heteroatoms. The van der Waals surface area contributed by atoms with Gasteiger partial charge in [-0.1, -0.05) is 19.1 Å². The van der Waals surface area contributed by atoms with E-state index in [0.29, 0.717) is 11.4 Å². The summed E-state index contributed by atoms with van der Waals surface area (Å²) < 4.78 is 25.4. The molecule has 0 bridgehead atoms. The molecule has 1 saturated heterocycles. The number of benzene rings is 1. The molecule has 1 aromatic rings. The maximum absolute atomic E-state index is 12.1. The molecule has 0 atom stereocenters. The van der Waals surface area contributed by atoms with E-state index in [1.54, 1.807) is 19.2 Å². The van der Waals surface area contributed by atoms with Crippen LogP contribution in [0, 0.1) is 5.92 Å². The predicted octanol–water partition coefficient (Wildman–Crippen LogP) is 1.72. The van der Waals surface area contributed by atoms with E-state index < -0.39 is 10.0 Å². The molecule has 1 aromatic carbocycles. The molecule has 1 fully saturated rings. The molecule has 28 heavy (non-hydrogen) atoms. The van der Waals surface area contributed by atoms with Crippen LogP contribution in [-0.2, 0) is 16.6 Å². The molecule has 0 unspecified atom stereocenters. The highest BCUT2D eigenvalue weighted by molar-refractivity contribution is 7.89. The summed E-state index contributed by atoms with van der Waals surface area (Å²) in [5.74, 6) is 1.63. The molecular weight excluding hydrogens is 374 g/mol. The van der Waals surface area contributed by atoms with Crippen LogP contribution in [0.3, 0.4) is 0 Å². The molecule has 1 aliphatic heterocycles. The smallest absolute Gasteiger partial charge is 0.242 e. The van der Waals surface area contributed by atoms with Crippen molar-refractivity contribution in [1.29, 1.82) is 0 Å². The van der Waals surface area contributed by atoms with Crippen LogP contribution in [0.5, 0.6) is 0 Å². The first-order valence-corrected chi connectivity index (χ1v) is 11.4. The topological polar surface area (TPSA) is 77.0 Å². The highest BCUT2D eigenvalue weighted by Gasteiger charge is 2.16. The van der Waals surface area contributed by atoms with Crippen LogP contribution in [0.4, 0.5) is 0 Å². The van der Waals surface area contributed by atoms with Gasteiger partial charge in [-0.15, -0.1) is 0 Å². The van der Waals surface area contributed by atoms with Crippen LogP contribution < -0.4 is 10.6 Å². The molecule has 0 amide bonds. The zero-order valence-corrected chi connectivity index (χ0v) is 18.4. The lowest BCUT2D eigenvalue weighted by Gasteiger charge is -2.30. The average molecular weight is 410 g/mol. The fourth-order valence-electron chi connectivity index (χ4n) is 3.19. The lowest BCUT2D eigenvalue weighted by Crippen LogP contribution is -2.39. The van der Waals surface area contributed by atoms with E-state index in [1.165, 1.54) is 44.3 Å². The van der Waals surface area contributed by atoms with E-state index in [9.17, 15) is 8.42 Å². The maximum Gasteiger partial charge on any atom is 0.242 e. The number of nitrogens with one attached hydrogen (secondary N) is 2. The molecule has 7 nitrogen and oxygen atoms in total. The first kappa shape index (κ1) is 22.6. The van der Waals surface area contributed by atoms with Gasteiger partial charge in [0.05, 0.1) is 4.90 Å². The minimum Gasteiger partial charge on any atom is -0.356 e. The Kier molecular flexibility index (Phi) is 8.72. The monoisotopic (exact) mass is 409 g/mol. The fraction of sp³-hybridized carbons (Fsp3) is 0.650. The van der Waals surface area contributed by atoms with E-state index in [0.717, 1.165) is 37.0 Å². The van der Waals surface area contributed by atoms with Crippen LogP contribution >= 0.6 is 0 Å². The highest BCUT2D eigenvalue weighted by Crippen LogP contribution is 2.16. The Hall–Kier alpha value is -1.64.